The van der Waals surface area contributed by atoms with Gasteiger partial charge in [-0.15, -0.1) is 0 Å². The fraction of sp³-hybridized carbons (Fsp3) is 0. The zero-order valence-corrected chi connectivity index (χ0v) is 27.2. The first kappa shape index (κ1) is 30.5. The Morgan fingerprint density at radius 1 is 0.462 bits per heavy atom. The molecule has 0 atom stereocenters. The van der Waals surface area contributed by atoms with Crippen LogP contribution in [0.4, 0.5) is 0 Å². The summed E-state index contributed by atoms with van der Waals surface area (Å²) >= 11 is 0. The molecule has 11 nitrogen and oxygen atoms in total. The van der Waals surface area contributed by atoms with E-state index in [2.05, 4.69) is 15.0 Å². The monoisotopic (exact) mass is 682 g/mol. The predicted molar refractivity (Wildman–Crippen MR) is 194 cm³/mol. The van der Waals surface area contributed by atoms with Gasteiger partial charge >= 0.3 is 0 Å². The summed E-state index contributed by atoms with van der Waals surface area (Å²) < 4.78 is 31.7. The number of hydrogen-bond donors (Lipinski definition) is 0. The third kappa shape index (κ3) is 6.32. The molecule has 0 amide bonds. The lowest BCUT2D eigenvalue weighted by Gasteiger charge is -2.11. The van der Waals surface area contributed by atoms with E-state index in [1.54, 1.807) is 43.2 Å². The Morgan fingerprint density at radius 2 is 0.981 bits per heavy atom. The summed E-state index contributed by atoms with van der Waals surface area (Å²) in [4.78, 5) is 22.2. The maximum Gasteiger partial charge on any atom is 0.234 e. The molecule has 0 aliphatic heterocycles. The van der Waals surface area contributed by atoms with Crippen molar-refractivity contribution < 1.29 is 23.4 Å². The molecule has 0 saturated carbocycles. The van der Waals surface area contributed by atoms with Crippen molar-refractivity contribution in [3.8, 4) is 63.5 Å². The smallest absolute Gasteiger partial charge is 0.234 e. The number of pyridine rings is 2. The Kier molecular flexibility index (Phi) is 7.87. The Labute approximate surface area is 296 Å². The molecule has 0 spiro atoms. The summed E-state index contributed by atoms with van der Waals surface area (Å²) in [6.45, 7) is 0. The summed E-state index contributed by atoms with van der Waals surface area (Å²) in [6.07, 6.45) is 9.74. The highest BCUT2D eigenvalue weighted by atomic mass is 16.5. The van der Waals surface area contributed by atoms with Crippen molar-refractivity contribution in [3.05, 3.63) is 159 Å². The summed E-state index contributed by atoms with van der Waals surface area (Å²) in [6, 6.07) is 37.7. The zero-order chi connectivity index (χ0) is 34.7. The molecule has 9 aromatic rings. The van der Waals surface area contributed by atoms with Gasteiger partial charge in [0.1, 0.15) is 46.5 Å². The number of hydrogen-bond acceptors (Lipinski definition) is 10. The summed E-state index contributed by atoms with van der Waals surface area (Å²) in [5, 5.41) is 1.96. The van der Waals surface area contributed by atoms with Gasteiger partial charge in [-0.25, -0.2) is 24.9 Å². The molecule has 5 heterocycles. The van der Waals surface area contributed by atoms with Crippen LogP contribution in [0.2, 0.25) is 0 Å². The molecule has 4 aromatic carbocycles. The summed E-state index contributed by atoms with van der Waals surface area (Å²) in [5.41, 5.74) is 3.05. The van der Waals surface area contributed by atoms with Gasteiger partial charge in [0, 0.05) is 77.5 Å². The minimum absolute atomic E-state index is 0.457. The van der Waals surface area contributed by atoms with Gasteiger partial charge < -0.3 is 23.4 Å². The molecule has 9 rings (SSSR count). The molecule has 250 valence electrons. The number of fused-ring (bicyclic) bond motifs is 3. The number of nitrogens with zero attached hydrogens (tertiary/aromatic N) is 6. The SMILES string of the molecule is c1ccc(Oc2cccc(Oc3ccc4c5ccc(Oc6cccc(Oc7ccccn7)c6)cc5n(-c5ncc(-c6cocn6)cn5)c4c3)c2)nc1. The van der Waals surface area contributed by atoms with Crippen LogP contribution in [0.1, 0.15) is 0 Å². The zero-order valence-electron chi connectivity index (χ0n) is 27.2. The molecule has 0 radical (unpaired) electrons. The minimum Gasteiger partial charge on any atom is -0.457 e. The number of rotatable bonds is 10. The van der Waals surface area contributed by atoms with Crippen LogP contribution in [0.25, 0.3) is 39.0 Å². The normalized spacial score (nSPS) is 11.1. The van der Waals surface area contributed by atoms with Crippen molar-refractivity contribution in [1.82, 2.24) is 29.5 Å². The van der Waals surface area contributed by atoms with Crippen molar-refractivity contribution in [2.75, 3.05) is 0 Å². The molecule has 0 saturated heterocycles. The summed E-state index contributed by atoms with van der Waals surface area (Å²) in [7, 11) is 0. The van der Waals surface area contributed by atoms with E-state index in [4.69, 9.17) is 33.3 Å². The van der Waals surface area contributed by atoms with E-state index in [9.17, 15) is 0 Å². The molecule has 52 heavy (non-hydrogen) atoms. The molecule has 0 unspecified atom stereocenters. The minimum atomic E-state index is 0.457. The maximum atomic E-state index is 6.36. The average Bonchev–Trinajstić information content (AvgIpc) is 3.83. The second kappa shape index (κ2) is 13.4. The van der Waals surface area contributed by atoms with E-state index in [0.717, 1.165) is 27.4 Å². The van der Waals surface area contributed by atoms with Crippen LogP contribution in [0.3, 0.4) is 0 Å². The Morgan fingerprint density at radius 3 is 1.46 bits per heavy atom. The molecule has 11 heteroatoms. The second-order valence-electron chi connectivity index (χ2n) is 11.5. The van der Waals surface area contributed by atoms with Crippen molar-refractivity contribution in [2.24, 2.45) is 0 Å². The lowest BCUT2D eigenvalue weighted by molar-refractivity contribution is 0.448. The first-order chi connectivity index (χ1) is 25.7. The predicted octanol–water partition coefficient (Wildman–Crippen LogP) is 10.2. The molecule has 0 bridgehead atoms. The maximum absolute atomic E-state index is 6.36. The number of oxazole rings is 1. The molecular formula is C41H26N6O5. The molecule has 0 aliphatic carbocycles. The van der Waals surface area contributed by atoms with Crippen LogP contribution in [-0.2, 0) is 0 Å². The Bertz CT molecular complexity index is 2490. The topological polar surface area (TPSA) is 119 Å². The third-order valence-corrected chi connectivity index (χ3v) is 8.08. The fourth-order valence-electron chi connectivity index (χ4n) is 5.78. The first-order valence-electron chi connectivity index (χ1n) is 16.2. The van der Waals surface area contributed by atoms with Crippen LogP contribution in [0.5, 0.6) is 46.3 Å². The Balaban J connectivity index is 1.08. The van der Waals surface area contributed by atoms with Gasteiger partial charge in [-0.05, 0) is 60.7 Å². The van der Waals surface area contributed by atoms with Crippen LogP contribution in [0, 0.1) is 0 Å². The standard InChI is InChI=1S/C41H26N6O5/c1-3-17-42-39(11-1)51-30-9-5-7-28(19-30)49-32-13-15-34-35-16-14-33(50-29-8-6-10-31(20-29)52-40-12-2-4-18-43-40)22-38(35)47(37(34)21-32)41-44-23-27(24-45-41)36-25-48-26-46-36/h1-26H. The molecule has 0 N–H and O–H groups in total. The second-order valence-corrected chi connectivity index (χ2v) is 11.5. The number of ether oxygens (including phenoxy) is 4. The van der Waals surface area contributed by atoms with Gasteiger partial charge in [-0.1, -0.05) is 24.3 Å². The Hall–Kier alpha value is -7.53. The van der Waals surface area contributed by atoms with Crippen molar-refractivity contribution in [2.45, 2.75) is 0 Å². The van der Waals surface area contributed by atoms with E-state index in [0.29, 0.717) is 57.9 Å². The van der Waals surface area contributed by atoms with Gasteiger partial charge in [-0.3, -0.25) is 4.57 Å². The summed E-state index contributed by atoms with van der Waals surface area (Å²) in [5.74, 6) is 5.10. The van der Waals surface area contributed by atoms with E-state index in [-0.39, 0.29) is 0 Å². The van der Waals surface area contributed by atoms with Crippen molar-refractivity contribution >= 4 is 21.8 Å². The lowest BCUT2D eigenvalue weighted by atomic mass is 10.1. The van der Waals surface area contributed by atoms with E-state index in [1.807, 2.05) is 114 Å². The third-order valence-electron chi connectivity index (χ3n) is 8.08. The van der Waals surface area contributed by atoms with Crippen LogP contribution >= 0.6 is 0 Å². The van der Waals surface area contributed by atoms with E-state index >= 15 is 0 Å². The van der Waals surface area contributed by atoms with E-state index < -0.39 is 0 Å². The number of aromatic nitrogens is 6. The highest BCUT2D eigenvalue weighted by molar-refractivity contribution is 6.09. The number of benzene rings is 4. The molecular weight excluding hydrogens is 656 g/mol. The van der Waals surface area contributed by atoms with Gasteiger partial charge in [0.05, 0.1) is 11.0 Å². The van der Waals surface area contributed by atoms with Crippen molar-refractivity contribution in [3.63, 3.8) is 0 Å². The largest absolute Gasteiger partial charge is 0.457 e. The van der Waals surface area contributed by atoms with Gasteiger partial charge in [0.25, 0.3) is 0 Å². The van der Waals surface area contributed by atoms with Crippen LogP contribution < -0.4 is 18.9 Å². The van der Waals surface area contributed by atoms with Gasteiger partial charge in [0.2, 0.25) is 17.7 Å². The van der Waals surface area contributed by atoms with E-state index in [1.165, 1.54) is 6.39 Å². The molecule has 0 fully saturated rings. The quantitative estimate of drug-likeness (QED) is 0.138. The van der Waals surface area contributed by atoms with Crippen LogP contribution in [-0.4, -0.2) is 29.5 Å². The van der Waals surface area contributed by atoms with Crippen molar-refractivity contribution in [1.29, 1.82) is 0 Å². The lowest BCUT2D eigenvalue weighted by Crippen LogP contribution is -2.01. The van der Waals surface area contributed by atoms with Crippen LogP contribution in [0.15, 0.2) is 163 Å². The van der Waals surface area contributed by atoms with Gasteiger partial charge in [0.15, 0.2) is 6.39 Å². The highest BCUT2D eigenvalue weighted by Gasteiger charge is 2.17. The fourth-order valence-corrected chi connectivity index (χ4v) is 5.78. The van der Waals surface area contributed by atoms with Gasteiger partial charge in [-0.2, -0.15) is 0 Å². The highest BCUT2D eigenvalue weighted by Crippen LogP contribution is 2.38. The molecule has 5 aromatic heterocycles. The average molecular weight is 683 g/mol. The first-order valence-corrected chi connectivity index (χ1v) is 16.2. The molecule has 0 aliphatic rings.